The number of imide groups is 1. The van der Waals surface area contributed by atoms with Crippen molar-refractivity contribution in [1.82, 2.24) is 5.01 Å². The molecule has 0 saturated carbocycles. The van der Waals surface area contributed by atoms with Gasteiger partial charge >= 0.3 is 5.24 Å². The van der Waals surface area contributed by atoms with Gasteiger partial charge in [0.1, 0.15) is 5.75 Å². The molecule has 1 aliphatic heterocycles. The Morgan fingerprint density at radius 3 is 2.75 bits per heavy atom. The van der Waals surface area contributed by atoms with Crippen molar-refractivity contribution in [2.45, 2.75) is 0 Å². The first-order valence-electron chi connectivity index (χ1n) is 4.50. The zero-order valence-corrected chi connectivity index (χ0v) is 8.98. The number of phenols is 1. The number of amides is 2. The van der Waals surface area contributed by atoms with E-state index in [1.807, 2.05) is 0 Å². The second-order valence-corrected chi connectivity index (χ2v) is 3.99. The van der Waals surface area contributed by atoms with Gasteiger partial charge in [0.05, 0.1) is 12.0 Å². The third kappa shape index (κ3) is 2.06. The molecular formula is C10H8N2O3S. The van der Waals surface area contributed by atoms with Gasteiger partial charge in [-0.2, -0.15) is 10.1 Å². The summed E-state index contributed by atoms with van der Waals surface area (Å²) in [6.45, 7) is 0. The molecule has 0 aromatic heterocycles. The number of hydrogen-bond donors (Lipinski definition) is 1. The van der Waals surface area contributed by atoms with Gasteiger partial charge in [-0.25, -0.2) is 0 Å². The van der Waals surface area contributed by atoms with E-state index < -0.39 is 5.24 Å². The number of nitrogens with zero attached hydrogens (tertiary/aromatic N) is 2. The van der Waals surface area contributed by atoms with Crippen molar-refractivity contribution in [3.8, 4) is 5.75 Å². The molecular weight excluding hydrogens is 228 g/mol. The summed E-state index contributed by atoms with van der Waals surface area (Å²) in [5.74, 6) is -0.170. The summed E-state index contributed by atoms with van der Waals surface area (Å²) in [6, 6.07) is 6.54. The van der Waals surface area contributed by atoms with Gasteiger partial charge in [-0.05, 0) is 12.1 Å². The molecule has 0 unspecified atom stereocenters. The van der Waals surface area contributed by atoms with Crippen molar-refractivity contribution >= 4 is 29.1 Å². The summed E-state index contributed by atoms with van der Waals surface area (Å²) < 4.78 is 0. The lowest BCUT2D eigenvalue weighted by molar-refractivity contribution is -0.124. The molecule has 6 heteroatoms. The van der Waals surface area contributed by atoms with Crippen molar-refractivity contribution in [3.63, 3.8) is 0 Å². The fourth-order valence-electron chi connectivity index (χ4n) is 1.18. The molecule has 1 heterocycles. The van der Waals surface area contributed by atoms with Crippen LogP contribution in [0, 0.1) is 0 Å². The molecule has 1 aromatic rings. The van der Waals surface area contributed by atoms with Crippen molar-refractivity contribution < 1.29 is 14.7 Å². The van der Waals surface area contributed by atoms with Gasteiger partial charge < -0.3 is 5.11 Å². The number of hydrogen-bond acceptors (Lipinski definition) is 5. The minimum atomic E-state index is -0.392. The first kappa shape index (κ1) is 10.7. The average Bonchev–Trinajstić information content (AvgIpc) is 2.58. The summed E-state index contributed by atoms with van der Waals surface area (Å²) in [5.41, 5.74) is 0.458. The van der Waals surface area contributed by atoms with Crippen molar-refractivity contribution in [2.75, 3.05) is 5.75 Å². The Bertz CT molecular complexity index is 457. The van der Waals surface area contributed by atoms with Crippen LogP contribution in [0.2, 0.25) is 0 Å². The maximum atomic E-state index is 11.2. The predicted molar refractivity (Wildman–Crippen MR) is 60.4 cm³/mol. The number of aromatic hydroxyl groups is 1. The van der Waals surface area contributed by atoms with E-state index in [2.05, 4.69) is 5.10 Å². The summed E-state index contributed by atoms with van der Waals surface area (Å²) in [5, 5.41) is 13.6. The Morgan fingerprint density at radius 2 is 2.12 bits per heavy atom. The zero-order chi connectivity index (χ0) is 11.5. The average molecular weight is 236 g/mol. The number of para-hydroxylation sites is 1. The largest absolute Gasteiger partial charge is 0.507 e. The maximum absolute atomic E-state index is 11.2. The summed E-state index contributed by atoms with van der Waals surface area (Å²) in [4.78, 5) is 22.4. The van der Waals surface area contributed by atoms with Gasteiger partial charge in [-0.1, -0.05) is 23.9 Å². The van der Waals surface area contributed by atoms with Crippen LogP contribution < -0.4 is 0 Å². The van der Waals surface area contributed by atoms with E-state index in [0.29, 0.717) is 5.56 Å². The number of phenolic OH excluding ortho intramolecular Hbond substituents is 1. The third-order valence-electron chi connectivity index (χ3n) is 1.98. The van der Waals surface area contributed by atoms with E-state index in [9.17, 15) is 14.7 Å². The molecule has 82 valence electrons. The molecule has 16 heavy (non-hydrogen) atoms. The first-order chi connectivity index (χ1) is 7.68. The van der Waals surface area contributed by atoms with Crippen LogP contribution in [0.15, 0.2) is 29.4 Å². The monoisotopic (exact) mass is 236 g/mol. The second kappa shape index (κ2) is 4.36. The molecule has 2 rings (SSSR count). The number of hydrazone groups is 1. The maximum Gasteiger partial charge on any atom is 0.309 e. The topological polar surface area (TPSA) is 70.0 Å². The first-order valence-corrected chi connectivity index (χ1v) is 5.49. The normalized spacial score (nSPS) is 16.4. The van der Waals surface area contributed by atoms with Crippen LogP contribution in [0.4, 0.5) is 4.79 Å². The van der Waals surface area contributed by atoms with Crippen LogP contribution in [-0.4, -0.2) is 33.2 Å². The molecule has 0 atom stereocenters. The van der Waals surface area contributed by atoms with Crippen LogP contribution in [-0.2, 0) is 4.79 Å². The van der Waals surface area contributed by atoms with Gasteiger partial charge in [-0.15, -0.1) is 0 Å². The molecule has 0 bridgehead atoms. The van der Waals surface area contributed by atoms with E-state index in [0.717, 1.165) is 16.8 Å². The van der Waals surface area contributed by atoms with E-state index >= 15 is 0 Å². The van der Waals surface area contributed by atoms with Gasteiger partial charge in [0, 0.05) is 5.56 Å². The molecule has 0 spiro atoms. The van der Waals surface area contributed by atoms with E-state index in [-0.39, 0.29) is 17.4 Å². The number of thioether (sulfide) groups is 1. The molecule has 1 aromatic carbocycles. The molecule has 1 saturated heterocycles. The number of carbonyl (C=O) groups is 2. The Balaban J connectivity index is 2.18. The molecule has 1 aliphatic rings. The predicted octanol–water partition coefficient (Wildman–Crippen LogP) is 1.42. The van der Waals surface area contributed by atoms with Crippen molar-refractivity contribution in [3.05, 3.63) is 29.8 Å². The van der Waals surface area contributed by atoms with E-state index in [1.54, 1.807) is 18.2 Å². The highest BCUT2D eigenvalue weighted by Crippen LogP contribution is 2.19. The minimum Gasteiger partial charge on any atom is -0.507 e. The van der Waals surface area contributed by atoms with Gasteiger partial charge in [0.2, 0.25) is 0 Å². The Morgan fingerprint density at radius 1 is 1.38 bits per heavy atom. The van der Waals surface area contributed by atoms with Crippen molar-refractivity contribution in [2.24, 2.45) is 5.10 Å². The summed E-state index contributed by atoms with van der Waals surface area (Å²) in [6.07, 6.45) is 1.29. The minimum absolute atomic E-state index is 0.0537. The lowest BCUT2D eigenvalue weighted by Crippen LogP contribution is -2.22. The van der Waals surface area contributed by atoms with E-state index in [1.165, 1.54) is 12.3 Å². The quantitative estimate of drug-likeness (QED) is 0.788. The van der Waals surface area contributed by atoms with Crippen LogP contribution in [0.5, 0.6) is 5.75 Å². The summed E-state index contributed by atoms with van der Waals surface area (Å²) >= 11 is 0.914. The third-order valence-corrected chi connectivity index (χ3v) is 2.79. The van der Waals surface area contributed by atoms with Crippen molar-refractivity contribution in [1.29, 1.82) is 0 Å². The van der Waals surface area contributed by atoms with Gasteiger partial charge in [-0.3, -0.25) is 9.59 Å². The highest BCUT2D eigenvalue weighted by Gasteiger charge is 2.29. The van der Waals surface area contributed by atoms with Gasteiger partial charge in [0.15, 0.2) is 0 Å². The molecule has 1 fully saturated rings. The Kier molecular flexibility index (Phi) is 2.91. The molecule has 0 aliphatic carbocycles. The molecule has 5 nitrogen and oxygen atoms in total. The van der Waals surface area contributed by atoms with Crippen LogP contribution >= 0.6 is 11.8 Å². The Hall–Kier alpha value is -1.82. The highest BCUT2D eigenvalue weighted by molar-refractivity contribution is 8.14. The summed E-state index contributed by atoms with van der Waals surface area (Å²) in [7, 11) is 0. The number of benzene rings is 1. The molecule has 2 amide bonds. The number of carbonyl (C=O) groups excluding carboxylic acids is 2. The Labute approximate surface area is 95.8 Å². The second-order valence-electron chi connectivity index (χ2n) is 3.06. The smallest absolute Gasteiger partial charge is 0.309 e. The zero-order valence-electron chi connectivity index (χ0n) is 8.16. The fraction of sp³-hybridized carbons (Fsp3) is 0.100. The number of rotatable bonds is 2. The standard InChI is InChI=1S/C10H8N2O3S/c13-8-4-2-1-3-7(8)5-11-12-9(14)6-16-10(12)15/h1-5,13H,6H2. The lowest BCUT2D eigenvalue weighted by atomic mass is 10.2. The van der Waals surface area contributed by atoms with Crippen LogP contribution in [0.3, 0.4) is 0 Å². The van der Waals surface area contributed by atoms with Crippen LogP contribution in [0.25, 0.3) is 0 Å². The molecule has 1 N–H and O–H groups in total. The SMILES string of the molecule is O=C1CSC(=O)N1N=Cc1ccccc1O. The lowest BCUT2D eigenvalue weighted by Gasteiger charge is -2.04. The highest BCUT2D eigenvalue weighted by atomic mass is 32.2. The molecule has 0 radical (unpaired) electrons. The van der Waals surface area contributed by atoms with Gasteiger partial charge in [0.25, 0.3) is 5.91 Å². The van der Waals surface area contributed by atoms with Crippen LogP contribution in [0.1, 0.15) is 5.56 Å². The van der Waals surface area contributed by atoms with E-state index in [4.69, 9.17) is 0 Å². The fourth-order valence-corrected chi connectivity index (χ4v) is 1.82.